The van der Waals surface area contributed by atoms with Crippen molar-refractivity contribution >= 4 is 17.7 Å². The van der Waals surface area contributed by atoms with Crippen molar-refractivity contribution in [2.24, 2.45) is 0 Å². The first-order valence-corrected chi connectivity index (χ1v) is 13.0. The summed E-state index contributed by atoms with van der Waals surface area (Å²) in [5.41, 5.74) is 2.27. The number of hydrogen-bond acceptors (Lipinski definition) is 3. The van der Waals surface area contributed by atoms with Crippen molar-refractivity contribution in [3.8, 4) is 0 Å². The van der Waals surface area contributed by atoms with Crippen molar-refractivity contribution in [1.82, 2.24) is 0 Å². The smallest absolute Gasteiger partial charge is 0.330 e. The fraction of sp³-hybridized carbons (Fsp3) is 0.621. The van der Waals surface area contributed by atoms with Gasteiger partial charge in [-0.15, -0.1) is 0 Å². The van der Waals surface area contributed by atoms with E-state index in [1.165, 1.54) is 89.5 Å². The van der Waals surface area contributed by atoms with Crippen LogP contribution in [-0.4, -0.2) is 18.6 Å². The van der Waals surface area contributed by atoms with E-state index in [-0.39, 0.29) is 5.97 Å². The number of rotatable bonds is 19. The van der Waals surface area contributed by atoms with E-state index in [9.17, 15) is 4.79 Å². The van der Waals surface area contributed by atoms with Crippen LogP contribution in [0.25, 0.3) is 6.08 Å². The van der Waals surface area contributed by atoms with Gasteiger partial charge in [-0.25, -0.2) is 4.79 Å². The first kappa shape index (κ1) is 28.0. The van der Waals surface area contributed by atoms with Crippen LogP contribution in [0.1, 0.15) is 110 Å². The lowest BCUT2D eigenvalue weighted by molar-refractivity contribution is -0.137. The lowest BCUT2D eigenvalue weighted by Crippen LogP contribution is -2.14. The minimum absolute atomic E-state index is 0.307. The third-order valence-electron chi connectivity index (χ3n) is 5.73. The number of unbranched alkanes of at least 4 members (excludes halogenated alkanes) is 11. The second-order valence-corrected chi connectivity index (χ2v) is 8.82. The Kier molecular flexibility index (Phi) is 17.2. The summed E-state index contributed by atoms with van der Waals surface area (Å²) in [6, 6.07) is 8.91. The quantitative estimate of drug-likeness (QED) is 0.101. The molecule has 0 spiro atoms. The van der Waals surface area contributed by atoms with E-state index in [1.807, 2.05) is 12.2 Å². The Morgan fingerprint density at radius 3 is 1.97 bits per heavy atom. The van der Waals surface area contributed by atoms with Gasteiger partial charge in [0, 0.05) is 17.8 Å². The van der Waals surface area contributed by atoms with Gasteiger partial charge in [0.25, 0.3) is 0 Å². The van der Waals surface area contributed by atoms with Crippen molar-refractivity contribution in [2.45, 2.75) is 110 Å². The molecule has 1 N–H and O–H groups in total. The molecule has 32 heavy (non-hydrogen) atoms. The maximum absolute atomic E-state index is 11.3. The Bertz CT molecular complexity index is 633. The van der Waals surface area contributed by atoms with Crippen LogP contribution in [0.4, 0.5) is 5.69 Å². The highest BCUT2D eigenvalue weighted by Crippen LogP contribution is 2.16. The van der Waals surface area contributed by atoms with Crippen LogP contribution in [0.5, 0.6) is 0 Å². The van der Waals surface area contributed by atoms with E-state index in [4.69, 9.17) is 4.74 Å². The van der Waals surface area contributed by atoms with Gasteiger partial charge in [0.2, 0.25) is 0 Å². The van der Waals surface area contributed by atoms with Crippen molar-refractivity contribution in [3.05, 3.63) is 48.1 Å². The van der Waals surface area contributed by atoms with Gasteiger partial charge in [0.15, 0.2) is 0 Å². The molecule has 1 rings (SSSR count). The van der Waals surface area contributed by atoms with Crippen LogP contribution >= 0.6 is 0 Å². The van der Waals surface area contributed by atoms with Gasteiger partial charge in [-0.1, -0.05) is 114 Å². The molecule has 0 bridgehead atoms. The SMILES string of the molecule is CCCCCCCCCCCCCCC(C)Nc1ccc(C=CC=CC(=O)OCC)cc1. The Balaban J connectivity index is 2.08. The highest BCUT2D eigenvalue weighted by molar-refractivity contribution is 5.82. The maximum Gasteiger partial charge on any atom is 0.330 e. The largest absolute Gasteiger partial charge is 0.463 e. The van der Waals surface area contributed by atoms with Gasteiger partial charge in [-0.05, 0) is 38.0 Å². The third kappa shape index (κ3) is 15.7. The number of anilines is 1. The highest BCUT2D eigenvalue weighted by Gasteiger charge is 2.02. The minimum Gasteiger partial charge on any atom is -0.463 e. The van der Waals surface area contributed by atoms with E-state index in [0.29, 0.717) is 12.6 Å². The Hall–Kier alpha value is -2.03. The van der Waals surface area contributed by atoms with E-state index in [0.717, 1.165) is 11.3 Å². The van der Waals surface area contributed by atoms with Gasteiger partial charge >= 0.3 is 5.97 Å². The molecule has 0 aliphatic rings. The van der Waals surface area contributed by atoms with Crippen LogP contribution in [0.2, 0.25) is 0 Å². The number of carbonyl (C=O) groups excluding carboxylic acids is 1. The summed E-state index contributed by atoms with van der Waals surface area (Å²) < 4.78 is 4.85. The summed E-state index contributed by atoms with van der Waals surface area (Å²) in [4.78, 5) is 11.3. The van der Waals surface area contributed by atoms with Gasteiger partial charge in [0.1, 0.15) is 0 Å². The molecule has 0 saturated carbocycles. The molecule has 0 aliphatic heterocycles. The van der Waals surface area contributed by atoms with Crippen LogP contribution in [-0.2, 0) is 9.53 Å². The number of carbonyl (C=O) groups is 1. The van der Waals surface area contributed by atoms with Crippen molar-refractivity contribution < 1.29 is 9.53 Å². The fourth-order valence-electron chi connectivity index (χ4n) is 3.83. The molecular weight excluding hydrogens is 394 g/mol. The molecule has 0 aliphatic carbocycles. The molecule has 0 aromatic heterocycles. The normalized spacial score (nSPS) is 12.5. The summed E-state index contributed by atoms with van der Waals surface area (Å²) in [6.07, 6.45) is 25.0. The second-order valence-electron chi connectivity index (χ2n) is 8.82. The predicted octanol–water partition coefficient (Wildman–Crippen LogP) is 8.71. The van der Waals surface area contributed by atoms with Crippen molar-refractivity contribution in [2.75, 3.05) is 11.9 Å². The average Bonchev–Trinajstić information content (AvgIpc) is 2.79. The molecule has 1 unspecified atom stereocenters. The zero-order valence-electron chi connectivity index (χ0n) is 20.9. The maximum atomic E-state index is 11.3. The molecule has 1 aromatic rings. The highest BCUT2D eigenvalue weighted by atomic mass is 16.5. The summed E-state index contributed by atoms with van der Waals surface area (Å²) in [6.45, 7) is 6.76. The number of hydrogen-bond donors (Lipinski definition) is 1. The predicted molar refractivity (Wildman–Crippen MR) is 140 cm³/mol. The molecule has 0 radical (unpaired) electrons. The van der Waals surface area contributed by atoms with Gasteiger partial charge in [-0.2, -0.15) is 0 Å². The summed E-state index contributed by atoms with van der Waals surface area (Å²) in [7, 11) is 0. The Morgan fingerprint density at radius 2 is 1.41 bits per heavy atom. The van der Waals surface area contributed by atoms with Crippen LogP contribution < -0.4 is 5.32 Å². The summed E-state index contributed by atoms with van der Waals surface area (Å²) in [5, 5.41) is 3.61. The number of nitrogens with one attached hydrogen (secondary N) is 1. The molecule has 0 amide bonds. The number of allylic oxidation sites excluding steroid dienone is 2. The van der Waals surface area contributed by atoms with Gasteiger partial charge < -0.3 is 10.1 Å². The Labute approximate surface area is 197 Å². The third-order valence-corrected chi connectivity index (χ3v) is 5.73. The zero-order chi connectivity index (χ0) is 23.3. The number of esters is 1. The molecule has 0 heterocycles. The van der Waals surface area contributed by atoms with E-state index in [2.05, 4.69) is 43.4 Å². The van der Waals surface area contributed by atoms with Crippen molar-refractivity contribution in [1.29, 1.82) is 0 Å². The lowest BCUT2D eigenvalue weighted by Gasteiger charge is -2.15. The summed E-state index contributed by atoms with van der Waals surface area (Å²) >= 11 is 0. The molecule has 180 valence electrons. The second kappa shape index (κ2) is 19.6. The van der Waals surface area contributed by atoms with Gasteiger partial charge in [0.05, 0.1) is 6.61 Å². The monoisotopic (exact) mass is 441 g/mol. The molecule has 0 fully saturated rings. The van der Waals surface area contributed by atoms with Gasteiger partial charge in [-0.3, -0.25) is 0 Å². The zero-order valence-corrected chi connectivity index (χ0v) is 20.9. The first-order valence-electron chi connectivity index (χ1n) is 13.0. The average molecular weight is 442 g/mol. The molecule has 3 heteroatoms. The molecule has 1 atom stereocenters. The molecular formula is C29H47NO2. The molecule has 3 nitrogen and oxygen atoms in total. The van der Waals surface area contributed by atoms with E-state index >= 15 is 0 Å². The topological polar surface area (TPSA) is 38.3 Å². The number of benzene rings is 1. The van der Waals surface area contributed by atoms with Crippen LogP contribution in [0.3, 0.4) is 0 Å². The van der Waals surface area contributed by atoms with Crippen LogP contribution in [0, 0.1) is 0 Å². The lowest BCUT2D eigenvalue weighted by atomic mass is 10.0. The van der Waals surface area contributed by atoms with E-state index < -0.39 is 0 Å². The standard InChI is InChI=1S/C29H47NO2/c1-4-6-7-8-9-10-11-12-13-14-15-16-19-26(3)30-28-24-22-27(23-25-28)20-17-18-21-29(31)32-5-2/h17-18,20-26,30H,4-16,19H2,1-3H3. The van der Waals surface area contributed by atoms with Crippen molar-refractivity contribution in [3.63, 3.8) is 0 Å². The Morgan fingerprint density at radius 1 is 0.844 bits per heavy atom. The minimum atomic E-state index is -0.307. The molecule has 1 aromatic carbocycles. The fourth-order valence-corrected chi connectivity index (χ4v) is 3.83. The van der Waals surface area contributed by atoms with Crippen LogP contribution in [0.15, 0.2) is 42.5 Å². The van der Waals surface area contributed by atoms with E-state index in [1.54, 1.807) is 13.0 Å². The first-order chi connectivity index (χ1) is 15.7. The molecule has 0 saturated heterocycles. The summed E-state index contributed by atoms with van der Waals surface area (Å²) in [5.74, 6) is -0.307. The number of ether oxygens (including phenoxy) is 1.